The summed E-state index contributed by atoms with van der Waals surface area (Å²) in [5.74, 6) is 1.51. The third-order valence-electron chi connectivity index (χ3n) is 3.19. The van der Waals surface area contributed by atoms with Gasteiger partial charge in [0.15, 0.2) is 11.5 Å². The van der Waals surface area contributed by atoms with E-state index in [2.05, 4.69) is 21.2 Å². The first-order valence-corrected chi connectivity index (χ1v) is 8.26. The first kappa shape index (κ1) is 20.1. The van der Waals surface area contributed by atoms with Crippen molar-refractivity contribution >= 4 is 39.9 Å². The molecule has 0 aromatic heterocycles. The molecule has 0 saturated carbocycles. The van der Waals surface area contributed by atoms with E-state index in [1.807, 2.05) is 43.3 Å². The van der Waals surface area contributed by atoms with Crippen LogP contribution < -0.4 is 14.8 Å². The highest BCUT2D eigenvalue weighted by molar-refractivity contribution is 9.10. The average molecular weight is 421 g/mol. The van der Waals surface area contributed by atoms with Crippen LogP contribution in [0.4, 0.5) is 0 Å². The Morgan fingerprint density at radius 2 is 1.83 bits per heavy atom. The van der Waals surface area contributed by atoms with Gasteiger partial charge in [-0.3, -0.25) is 0 Å². The van der Waals surface area contributed by atoms with Gasteiger partial charge in [0.05, 0.1) is 13.7 Å². The Bertz CT molecular complexity index is 638. The van der Waals surface area contributed by atoms with Gasteiger partial charge in [0, 0.05) is 28.1 Å². The molecule has 3 nitrogen and oxygen atoms in total. The Kier molecular flexibility index (Phi) is 8.77. The van der Waals surface area contributed by atoms with Gasteiger partial charge in [0.2, 0.25) is 0 Å². The zero-order valence-electron chi connectivity index (χ0n) is 13.1. The Morgan fingerprint density at radius 1 is 1.13 bits per heavy atom. The van der Waals surface area contributed by atoms with Gasteiger partial charge in [-0.2, -0.15) is 0 Å². The van der Waals surface area contributed by atoms with E-state index in [-0.39, 0.29) is 12.4 Å². The van der Waals surface area contributed by atoms with E-state index < -0.39 is 0 Å². The molecule has 6 heteroatoms. The molecule has 2 aromatic carbocycles. The van der Waals surface area contributed by atoms with E-state index in [0.29, 0.717) is 19.7 Å². The Balaban J connectivity index is 0.00000264. The number of benzene rings is 2. The molecule has 0 amide bonds. The number of nitrogens with one attached hydrogen (secondary N) is 1. The van der Waals surface area contributed by atoms with Crippen molar-refractivity contribution in [2.24, 2.45) is 0 Å². The number of hydrogen-bond donors (Lipinski definition) is 1. The lowest BCUT2D eigenvalue weighted by Crippen LogP contribution is -2.14. The first-order valence-electron chi connectivity index (χ1n) is 7.09. The fourth-order valence-corrected chi connectivity index (χ4v) is 2.87. The standard InChI is InChI=1S/C17H19BrClNO2.ClH/c1-3-22-17-13(8-14(18)9-16(17)21-2)11-20-10-12-6-4-5-7-15(12)19;/h4-9,20H,3,10-11H2,1-2H3;1H. The van der Waals surface area contributed by atoms with Gasteiger partial charge >= 0.3 is 0 Å². The van der Waals surface area contributed by atoms with Gasteiger partial charge < -0.3 is 14.8 Å². The fraction of sp³-hybridized carbons (Fsp3) is 0.294. The summed E-state index contributed by atoms with van der Waals surface area (Å²) in [5, 5.41) is 4.17. The predicted molar refractivity (Wildman–Crippen MR) is 101 cm³/mol. The third kappa shape index (κ3) is 5.57. The highest BCUT2D eigenvalue weighted by Gasteiger charge is 2.12. The lowest BCUT2D eigenvalue weighted by atomic mass is 10.1. The Morgan fingerprint density at radius 3 is 2.48 bits per heavy atom. The minimum atomic E-state index is 0. The summed E-state index contributed by atoms with van der Waals surface area (Å²) in [6, 6.07) is 11.8. The number of methoxy groups -OCH3 is 1. The summed E-state index contributed by atoms with van der Waals surface area (Å²) in [6.07, 6.45) is 0. The van der Waals surface area contributed by atoms with Crippen LogP contribution in [0.1, 0.15) is 18.1 Å². The van der Waals surface area contributed by atoms with Crippen molar-refractivity contribution in [2.45, 2.75) is 20.0 Å². The summed E-state index contributed by atoms with van der Waals surface area (Å²) in [5.41, 5.74) is 2.12. The first-order chi connectivity index (χ1) is 10.7. The van der Waals surface area contributed by atoms with Crippen molar-refractivity contribution in [3.63, 3.8) is 0 Å². The maximum absolute atomic E-state index is 6.17. The second-order valence-corrected chi connectivity index (χ2v) is 6.05. The highest BCUT2D eigenvalue weighted by Crippen LogP contribution is 2.35. The van der Waals surface area contributed by atoms with Crippen LogP contribution in [0.5, 0.6) is 11.5 Å². The lowest BCUT2D eigenvalue weighted by molar-refractivity contribution is 0.306. The zero-order valence-corrected chi connectivity index (χ0v) is 16.2. The molecule has 0 spiro atoms. The maximum atomic E-state index is 6.17. The monoisotopic (exact) mass is 419 g/mol. The van der Waals surface area contributed by atoms with Crippen LogP contribution in [-0.2, 0) is 13.1 Å². The molecule has 0 aliphatic rings. The molecule has 0 aliphatic carbocycles. The summed E-state index contributed by atoms with van der Waals surface area (Å²) in [7, 11) is 1.64. The van der Waals surface area contributed by atoms with Gasteiger partial charge in [0.1, 0.15) is 0 Å². The third-order valence-corrected chi connectivity index (χ3v) is 4.02. The molecule has 23 heavy (non-hydrogen) atoms. The molecule has 0 bridgehead atoms. The van der Waals surface area contributed by atoms with Gasteiger partial charge in [-0.15, -0.1) is 12.4 Å². The minimum Gasteiger partial charge on any atom is -0.493 e. The van der Waals surface area contributed by atoms with E-state index in [9.17, 15) is 0 Å². The molecule has 0 aliphatic heterocycles. The molecule has 2 rings (SSSR count). The van der Waals surface area contributed by atoms with Crippen molar-refractivity contribution in [3.05, 3.63) is 57.0 Å². The van der Waals surface area contributed by atoms with Crippen molar-refractivity contribution in [2.75, 3.05) is 13.7 Å². The molecule has 0 radical (unpaired) electrons. The maximum Gasteiger partial charge on any atom is 0.165 e. The quantitative estimate of drug-likeness (QED) is 0.665. The molecule has 0 saturated heterocycles. The number of hydrogen-bond acceptors (Lipinski definition) is 3. The van der Waals surface area contributed by atoms with Crippen LogP contribution in [0.15, 0.2) is 40.9 Å². The fourth-order valence-electron chi connectivity index (χ4n) is 2.19. The normalized spacial score (nSPS) is 10.1. The minimum absolute atomic E-state index is 0. The number of ether oxygens (including phenoxy) is 2. The van der Waals surface area contributed by atoms with Gasteiger partial charge in [-0.25, -0.2) is 0 Å². The van der Waals surface area contributed by atoms with Gasteiger partial charge in [-0.1, -0.05) is 45.7 Å². The molecule has 0 fully saturated rings. The second-order valence-electron chi connectivity index (χ2n) is 4.72. The smallest absolute Gasteiger partial charge is 0.165 e. The SMILES string of the molecule is CCOc1c(CNCc2ccccc2Cl)cc(Br)cc1OC.Cl. The molecule has 0 heterocycles. The van der Waals surface area contributed by atoms with Crippen molar-refractivity contribution < 1.29 is 9.47 Å². The molecular formula is C17H20BrCl2NO2. The van der Waals surface area contributed by atoms with Crippen molar-refractivity contribution in [1.82, 2.24) is 5.32 Å². The molecule has 2 aromatic rings. The second kappa shape index (κ2) is 10.0. The zero-order chi connectivity index (χ0) is 15.9. The summed E-state index contributed by atoms with van der Waals surface area (Å²) in [6.45, 7) is 3.91. The highest BCUT2D eigenvalue weighted by atomic mass is 79.9. The van der Waals surface area contributed by atoms with Crippen LogP contribution in [0.25, 0.3) is 0 Å². The van der Waals surface area contributed by atoms with E-state index in [0.717, 1.165) is 32.1 Å². The van der Waals surface area contributed by atoms with E-state index in [1.165, 1.54) is 0 Å². The van der Waals surface area contributed by atoms with Crippen LogP contribution in [-0.4, -0.2) is 13.7 Å². The molecule has 0 unspecified atom stereocenters. The van der Waals surface area contributed by atoms with E-state index >= 15 is 0 Å². The summed E-state index contributed by atoms with van der Waals surface area (Å²) >= 11 is 9.67. The van der Waals surface area contributed by atoms with Crippen LogP contribution in [0, 0.1) is 0 Å². The molecule has 1 N–H and O–H groups in total. The van der Waals surface area contributed by atoms with Crippen LogP contribution >= 0.6 is 39.9 Å². The largest absolute Gasteiger partial charge is 0.493 e. The topological polar surface area (TPSA) is 30.5 Å². The number of rotatable bonds is 7. The Labute approximate surface area is 156 Å². The molecule has 0 atom stereocenters. The lowest BCUT2D eigenvalue weighted by Gasteiger charge is -2.15. The molecule has 126 valence electrons. The van der Waals surface area contributed by atoms with Crippen molar-refractivity contribution in [3.8, 4) is 11.5 Å². The number of halogens is 3. The summed E-state index contributed by atoms with van der Waals surface area (Å²) in [4.78, 5) is 0. The van der Waals surface area contributed by atoms with Crippen molar-refractivity contribution in [1.29, 1.82) is 0 Å². The van der Waals surface area contributed by atoms with E-state index in [1.54, 1.807) is 7.11 Å². The van der Waals surface area contributed by atoms with Gasteiger partial charge in [0.25, 0.3) is 0 Å². The Hall–Kier alpha value is -0.940. The molecular weight excluding hydrogens is 401 g/mol. The predicted octanol–water partition coefficient (Wildman–Crippen LogP) is 5.22. The van der Waals surface area contributed by atoms with E-state index in [4.69, 9.17) is 21.1 Å². The average Bonchev–Trinajstić information content (AvgIpc) is 2.51. The van der Waals surface area contributed by atoms with Crippen LogP contribution in [0.2, 0.25) is 5.02 Å². The summed E-state index contributed by atoms with van der Waals surface area (Å²) < 4.78 is 12.1. The van der Waals surface area contributed by atoms with Gasteiger partial charge in [-0.05, 0) is 30.7 Å². The van der Waals surface area contributed by atoms with Crippen LogP contribution in [0.3, 0.4) is 0 Å².